The van der Waals surface area contributed by atoms with Crippen molar-refractivity contribution in [3.05, 3.63) is 54.1 Å². The van der Waals surface area contributed by atoms with E-state index >= 15 is 0 Å². The Kier molecular flexibility index (Phi) is 7.32. The molecule has 8 heteroatoms. The van der Waals surface area contributed by atoms with Crippen LogP contribution in [0.1, 0.15) is 38.7 Å². The molecule has 2 atom stereocenters. The van der Waals surface area contributed by atoms with Gasteiger partial charge in [-0.1, -0.05) is 18.1 Å². The largest absolute Gasteiger partial charge is 0.325 e. The molecule has 0 radical (unpaired) electrons. The van der Waals surface area contributed by atoms with Gasteiger partial charge in [-0.3, -0.25) is 14.4 Å². The van der Waals surface area contributed by atoms with Gasteiger partial charge in [0.05, 0.1) is 6.54 Å². The molecule has 0 unspecified atom stereocenters. The van der Waals surface area contributed by atoms with Crippen molar-refractivity contribution in [2.75, 3.05) is 19.6 Å². The molecule has 7 nitrogen and oxygen atoms in total. The highest BCUT2D eigenvalue weighted by Gasteiger charge is 2.55. The third-order valence-corrected chi connectivity index (χ3v) is 7.17. The quantitative estimate of drug-likeness (QED) is 0.481. The number of carbonyl (C=O) groups excluding carboxylic acids is 2. The number of hydrogen-bond donors (Lipinski definition) is 1. The van der Waals surface area contributed by atoms with E-state index in [0.717, 1.165) is 38.9 Å². The highest BCUT2D eigenvalue weighted by Crippen LogP contribution is 2.37. The number of rotatable bonds is 8. The van der Waals surface area contributed by atoms with Gasteiger partial charge in [-0.25, -0.2) is 9.18 Å². The summed E-state index contributed by atoms with van der Waals surface area (Å²) in [5.74, 6) is 4.94. The minimum Gasteiger partial charge on any atom is -0.322 e. The molecule has 2 aliphatic rings. The van der Waals surface area contributed by atoms with Crippen LogP contribution in [0.5, 0.6) is 0 Å². The third-order valence-electron chi connectivity index (χ3n) is 7.17. The number of imide groups is 1. The standard InChI is InChI=1S/C26H32FN5O2/c1-3-4-14-32-24(33)26(29-25(32)34,19-21-7-5-8-23(27)18-21)22-10-15-30(16-11-22)20(2)9-17-31-13-6-12-28-31/h5-8,12-13,18,20,22H,9-11,14-17,19H2,1-2H3,(H,29,34)/t20-,26+/m1/s1. The van der Waals surface area contributed by atoms with E-state index in [0.29, 0.717) is 11.6 Å². The first-order valence-electron chi connectivity index (χ1n) is 11.9. The first-order chi connectivity index (χ1) is 16.4. The SMILES string of the molecule is CC#CCN1C(=O)N[C@@](Cc2cccc(F)c2)(C2CCN([C@H](C)CCn3cccn3)CC2)C1=O. The normalized spacial score (nSPS) is 22.4. The van der Waals surface area contributed by atoms with E-state index in [2.05, 4.69) is 34.1 Å². The second kappa shape index (κ2) is 10.4. The summed E-state index contributed by atoms with van der Waals surface area (Å²) in [6, 6.07) is 8.18. The Hall–Kier alpha value is -3.18. The molecule has 2 aromatic rings. The molecular weight excluding hydrogens is 433 g/mol. The molecule has 180 valence electrons. The number of nitrogens with one attached hydrogen (secondary N) is 1. The fourth-order valence-corrected chi connectivity index (χ4v) is 5.22. The van der Waals surface area contributed by atoms with Crippen LogP contribution in [0.25, 0.3) is 0 Å². The van der Waals surface area contributed by atoms with Crippen molar-refractivity contribution in [1.82, 2.24) is 24.9 Å². The average molecular weight is 466 g/mol. The third kappa shape index (κ3) is 5.00. The summed E-state index contributed by atoms with van der Waals surface area (Å²) in [6.07, 6.45) is 6.57. The molecule has 0 saturated carbocycles. The smallest absolute Gasteiger partial charge is 0.322 e. The Labute approximate surface area is 200 Å². The number of aromatic nitrogens is 2. The van der Waals surface area contributed by atoms with Crippen LogP contribution >= 0.6 is 0 Å². The van der Waals surface area contributed by atoms with Crippen molar-refractivity contribution in [3.8, 4) is 11.8 Å². The van der Waals surface area contributed by atoms with E-state index < -0.39 is 11.6 Å². The number of amides is 3. The van der Waals surface area contributed by atoms with Crippen LogP contribution in [0.2, 0.25) is 0 Å². The number of likely N-dealkylation sites (tertiary alicyclic amines) is 1. The molecule has 34 heavy (non-hydrogen) atoms. The molecule has 2 saturated heterocycles. The molecule has 1 N–H and O–H groups in total. The van der Waals surface area contributed by atoms with E-state index in [4.69, 9.17) is 0 Å². The zero-order chi connectivity index (χ0) is 24.1. The van der Waals surface area contributed by atoms with Crippen molar-refractivity contribution >= 4 is 11.9 Å². The van der Waals surface area contributed by atoms with Gasteiger partial charge in [0.2, 0.25) is 0 Å². The van der Waals surface area contributed by atoms with E-state index in [9.17, 15) is 14.0 Å². The van der Waals surface area contributed by atoms with Gasteiger partial charge in [-0.2, -0.15) is 5.10 Å². The van der Waals surface area contributed by atoms with Crippen LogP contribution in [0.4, 0.5) is 9.18 Å². The monoisotopic (exact) mass is 465 g/mol. The topological polar surface area (TPSA) is 70.5 Å². The number of hydrogen-bond acceptors (Lipinski definition) is 4. The Bertz CT molecular complexity index is 1070. The van der Waals surface area contributed by atoms with Crippen LogP contribution in [0.15, 0.2) is 42.7 Å². The van der Waals surface area contributed by atoms with Crippen molar-refractivity contribution in [3.63, 3.8) is 0 Å². The van der Waals surface area contributed by atoms with Crippen LogP contribution < -0.4 is 5.32 Å². The summed E-state index contributed by atoms with van der Waals surface area (Å²) in [5.41, 5.74) is -0.378. The molecule has 2 fully saturated rings. The van der Waals surface area contributed by atoms with Crippen molar-refractivity contribution in [1.29, 1.82) is 0 Å². The fraction of sp³-hybridized carbons (Fsp3) is 0.500. The van der Waals surface area contributed by atoms with Gasteiger partial charge in [0.1, 0.15) is 11.4 Å². The molecule has 0 spiro atoms. The van der Waals surface area contributed by atoms with Gasteiger partial charge in [0, 0.05) is 31.4 Å². The average Bonchev–Trinajstić information content (AvgIpc) is 3.43. The van der Waals surface area contributed by atoms with E-state index in [1.807, 2.05) is 23.0 Å². The van der Waals surface area contributed by atoms with E-state index in [1.165, 1.54) is 17.0 Å². The Morgan fingerprint density at radius 1 is 1.26 bits per heavy atom. The molecule has 0 bridgehead atoms. The minimum absolute atomic E-state index is 0.0404. The lowest BCUT2D eigenvalue weighted by Gasteiger charge is -2.42. The van der Waals surface area contributed by atoms with Gasteiger partial charge in [0.25, 0.3) is 5.91 Å². The maximum Gasteiger partial charge on any atom is 0.325 e. The zero-order valence-electron chi connectivity index (χ0n) is 19.8. The number of piperidine rings is 1. The zero-order valence-corrected chi connectivity index (χ0v) is 19.8. The van der Waals surface area contributed by atoms with Gasteiger partial charge in [-0.05, 0) is 75.9 Å². The molecule has 0 aliphatic carbocycles. The number of urea groups is 1. The minimum atomic E-state index is -1.08. The first kappa shape index (κ1) is 24.0. The van der Waals surface area contributed by atoms with Gasteiger partial charge < -0.3 is 10.2 Å². The van der Waals surface area contributed by atoms with Crippen LogP contribution in [-0.2, 0) is 17.8 Å². The lowest BCUT2D eigenvalue weighted by atomic mass is 9.73. The summed E-state index contributed by atoms with van der Waals surface area (Å²) in [4.78, 5) is 30.1. The van der Waals surface area contributed by atoms with Crippen molar-refractivity contribution < 1.29 is 14.0 Å². The van der Waals surface area contributed by atoms with Crippen LogP contribution in [0.3, 0.4) is 0 Å². The second-order valence-electron chi connectivity index (χ2n) is 9.24. The second-order valence-corrected chi connectivity index (χ2v) is 9.24. The summed E-state index contributed by atoms with van der Waals surface area (Å²) >= 11 is 0. The Balaban J connectivity index is 1.49. The number of nitrogens with zero attached hydrogens (tertiary/aromatic N) is 4. The summed E-state index contributed by atoms with van der Waals surface area (Å²) in [6.45, 7) is 6.51. The molecule has 4 rings (SSSR count). The van der Waals surface area contributed by atoms with Crippen LogP contribution in [-0.4, -0.2) is 62.7 Å². The maximum absolute atomic E-state index is 13.9. The Morgan fingerprint density at radius 2 is 2.06 bits per heavy atom. The van der Waals surface area contributed by atoms with Gasteiger partial charge in [-0.15, -0.1) is 5.92 Å². The first-order valence-corrected chi connectivity index (χ1v) is 11.9. The highest BCUT2D eigenvalue weighted by molar-refractivity contribution is 6.07. The van der Waals surface area contributed by atoms with Crippen molar-refractivity contribution in [2.45, 2.75) is 57.7 Å². The lowest BCUT2D eigenvalue weighted by molar-refractivity contribution is -0.133. The molecule has 3 heterocycles. The predicted octanol–water partition coefficient (Wildman–Crippen LogP) is 3.07. The molecule has 3 amide bonds. The number of halogens is 1. The Morgan fingerprint density at radius 3 is 2.74 bits per heavy atom. The fourth-order valence-electron chi connectivity index (χ4n) is 5.22. The predicted molar refractivity (Wildman–Crippen MR) is 127 cm³/mol. The van der Waals surface area contributed by atoms with Gasteiger partial charge >= 0.3 is 6.03 Å². The van der Waals surface area contributed by atoms with Crippen molar-refractivity contribution in [2.24, 2.45) is 5.92 Å². The number of benzene rings is 1. The summed E-state index contributed by atoms with van der Waals surface area (Å²) < 4.78 is 15.9. The van der Waals surface area contributed by atoms with E-state index in [1.54, 1.807) is 19.2 Å². The number of carbonyl (C=O) groups is 2. The number of aryl methyl sites for hydroxylation is 1. The summed E-state index contributed by atoms with van der Waals surface area (Å²) in [7, 11) is 0. The van der Waals surface area contributed by atoms with Gasteiger partial charge in [0.15, 0.2) is 0 Å². The maximum atomic E-state index is 13.9. The molecule has 1 aromatic carbocycles. The van der Waals surface area contributed by atoms with E-state index in [-0.39, 0.29) is 30.6 Å². The molecule has 1 aromatic heterocycles. The lowest BCUT2D eigenvalue weighted by Crippen LogP contribution is -2.58. The summed E-state index contributed by atoms with van der Waals surface area (Å²) in [5, 5.41) is 7.29. The highest BCUT2D eigenvalue weighted by atomic mass is 19.1. The molecular formula is C26H32FN5O2. The van der Waals surface area contributed by atoms with Crippen LogP contribution in [0, 0.1) is 23.6 Å². The molecule has 2 aliphatic heterocycles.